The molecule has 1 atom stereocenters. The molecular formula is C20H32N4O. The van der Waals surface area contributed by atoms with E-state index in [9.17, 15) is 4.79 Å². The Bertz CT molecular complexity index is 556. The van der Waals surface area contributed by atoms with E-state index in [0.717, 1.165) is 51.7 Å². The fraction of sp³-hybridized carbons (Fsp3) is 0.650. The number of hydrogen-bond donors (Lipinski definition) is 2. The topological polar surface area (TPSA) is 47.6 Å². The van der Waals surface area contributed by atoms with Gasteiger partial charge in [-0.25, -0.2) is 4.79 Å². The lowest BCUT2D eigenvalue weighted by molar-refractivity contribution is 0.121. The zero-order valence-electron chi connectivity index (χ0n) is 15.6. The first-order valence-electron chi connectivity index (χ1n) is 9.62. The molecule has 2 fully saturated rings. The van der Waals surface area contributed by atoms with E-state index in [0.29, 0.717) is 12.6 Å². The highest BCUT2D eigenvalue weighted by molar-refractivity contribution is 5.74. The van der Waals surface area contributed by atoms with Crippen molar-refractivity contribution in [2.75, 3.05) is 40.3 Å². The third kappa shape index (κ3) is 3.98. The molecule has 5 heteroatoms. The Hall–Kier alpha value is -1.59. The number of nitrogens with zero attached hydrogens (tertiary/aromatic N) is 2. The maximum atomic E-state index is 12.7. The number of carbonyl (C=O) groups excluding carboxylic acids is 1. The van der Waals surface area contributed by atoms with Crippen LogP contribution < -0.4 is 10.6 Å². The fourth-order valence-electron chi connectivity index (χ4n) is 4.46. The van der Waals surface area contributed by atoms with Crippen molar-refractivity contribution in [3.05, 3.63) is 35.9 Å². The lowest BCUT2D eigenvalue weighted by Crippen LogP contribution is -2.50. The SMILES string of the molecule is CN(C)[C@@]1(c2ccccc2)CCCN(C2CCNCC2)C(=O)NCC1. The average Bonchev–Trinajstić information content (AvgIpc) is 2.72. The Labute approximate surface area is 151 Å². The monoisotopic (exact) mass is 344 g/mol. The van der Waals surface area contributed by atoms with Crippen molar-refractivity contribution < 1.29 is 4.79 Å². The normalized spacial score (nSPS) is 26.7. The minimum atomic E-state index is -0.0152. The van der Waals surface area contributed by atoms with Crippen molar-refractivity contribution in [2.24, 2.45) is 0 Å². The second-order valence-electron chi connectivity index (χ2n) is 7.55. The summed E-state index contributed by atoms with van der Waals surface area (Å²) >= 11 is 0. The van der Waals surface area contributed by atoms with E-state index < -0.39 is 0 Å². The average molecular weight is 345 g/mol. The van der Waals surface area contributed by atoms with Crippen LogP contribution in [0.5, 0.6) is 0 Å². The number of hydrogen-bond acceptors (Lipinski definition) is 3. The molecule has 2 N–H and O–H groups in total. The molecule has 0 spiro atoms. The zero-order chi connectivity index (χ0) is 17.7. The van der Waals surface area contributed by atoms with E-state index >= 15 is 0 Å². The molecule has 0 bridgehead atoms. The molecule has 0 radical (unpaired) electrons. The Morgan fingerprint density at radius 3 is 2.48 bits per heavy atom. The molecule has 2 amide bonds. The van der Waals surface area contributed by atoms with Gasteiger partial charge in [0.25, 0.3) is 0 Å². The van der Waals surface area contributed by atoms with Crippen molar-refractivity contribution in [1.29, 1.82) is 0 Å². The number of rotatable bonds is 3. The van der Waals surface area contributed by atoms with Gasteiger partial charge in [0.1, 0.15) is 0 Å². The van der Waals surface area contributed by atoms with Gasteiger partial charge in [-0.3, -0.25) is 4.90 Å². The van der Waals surface area contributed by atoms with E-state index in [2.05, 4.69) is 64.9 Å². The van der Waals surface area contributed by atoms with Crippen LogP contribution in [-0.4, -0.2) is 62.1 Å². The molecule has 25 heavy (non-hydrogen) atoms. The van der Waals surface area contributed by atoms with E-state index in [1.54, 1.807) is 0 Å². The molecular weight excluding hydrogens is 312 g/mol. The van der Waals surface area contributed by atoms with Crippen LogP contribution in [0.15, 0.2) is 30.3 Å². The third-order valence-corrected chi connectivity index (χ3v) is 5.98. The molecule has 0 unspecified atom stereocenters. The summed E-state index contributed by atoms with van der Waals surface area (Å²) in [4.78, 5) is 17.2. The molecule has 2 aliphatic rings. The second-order valence-corrected chi connectivity index (χ2v) is 7.55. The van der Waals surface area contributed by atoms with E-state index in [4.69, 9.17) is 0 Å². The molecule has 5 nitrogen and oxygen atoms in total. The van der Waals surface area contributed by atoms with Crippen molar-refractivity contribution in [3.63, 3.8) is 0 Å². The number of amides is 2. The summed E-state index contributed by atoms with van der Waals surface area (Å²) in [5.41, 5.74) is 1.34. The maximum Gasteiger partial charge on any atom is 0.317 e. The van der Waals surface area contributed by atoms with Crippen LogP contribution in [-0.2, 0) is 5.54 Å². The van der Waals surface area contributed by atoms with Crippen LogP contribution in [0.3, 0.4) is 0 Å². The third-order valence-electron chi connectivity index (χ3n) is 5.98. The van der Waals surface area contributed by atoms with Crippen LogP contribution in [0.1, 0.15) is 37.7 Å². The Kier molecular flexibility index (Phi) is 5.97. The highest BCUT2D eigenvalue weighted by Gasteiger charge is 2.36. The first kappa shape index (κ1) is 18.2. The Morgan fingerprint density at radius 2 is 1.80 bits per heavy atom. The van der Waals surface area contributed by atoms with Gasteiger partial charge in [-0.1, -0.05) is 30.3 Å². The first-order valence-corrected chi connectivity index (χ1v) is 9.62. The lowest BCUT2D eigenvalue weighted by atomic mass is 9.81. The summed E-state index contributed by atoms with van der Waals surface area (Å²) in [6.07, 6.45) is 5.16. The van der Waals surface area contributed by atoms with E-state index in [1.807, 2.05) is 0 Å². The molecule has 0 aromatic heterocycles. The van der Waals surface area contributed by atoms with Crippen molar-refractivity contribution in [1.82, 2.24) is 20.4 Å². The summed E-state index contributed by atoms with van der Waals surface area (Å²) in [6, 6.07) is 11.3. The van der Waals surface area contributed by atoms with Gasteiger partial charge in [-0.2, -0.15) is 0 Å². The summed E-state index contributed by atoms with van der Waals surface area (Å²) in [7, 11) is 4.33. The lowest BCUT2D eigenvalue weighted by Gasteiger charge is -2.41. The summed E-state index contributed by atoms with van der Waals surface area (Å²) < 4.78 is 0. The molecule has 0 aliphatic carbocycles. The predicted octanol–water partition coefficient (Wildman–Crippen LogP) is 2.39. The fourth-order valence-corrected chi connectivity index (χ4v) is 4.46. The van der Waals surface area contributed by atoms with Gasteiger partial charge in [-0.15, -0.1) is 0 Å². The molecule has 3 rings (SSSR count). The molecule has 1 aromatic carbocycles. The summed E-state index contributed by atoms with van der Waals surface area (Å²) in [6.45, 7) is 3.59. The molecule has 0 saturated carbocycles. The van der Waals surface area contributed by atoms with Gasteiger partial charge in [0, 0.05) is 24.7 Å². The molecule has 2 heterocycles. The van der Waals surface area contributed by atoms with Crippen molar-refractivity contribution >= 4 is 6.03 Å². The predicted molar refractivity (Wildman–Crippen MR) is 102 cm³/mol. The van der Waals surface area contributed by atoms with Crippen LogP contribution >= 0.6 is 0 Å². The van der Waals surface area contributed by atoms with Crippen LogP contribution in [0, 0.1) is 0 Å². The van der Waals surface area contributed by atoms with Gasteiger partial charge < -0.3 is 15.5 Å². The zero-order valence-corrected chi connectivity index (χ0v) is 15.6. The van der Waals surface area contributed by atoms with E-state index in [-0.39, 0.29) is 11.6 Å². The Morgan fingerprint density at radius 1 is 1.08 bits per heavy atom. The summed E-state index contributed by atoms with van der Waals surface area (Å²) in [5, 5.41) is 6.58. The molecule has 2 aliphatic heterocycles. The van der Waals surface area contributed by atoms with Crippen molar-refractivity contribution in [2.45, 2.75) is 43.7 Å². The Balaban J connectivity index is 1.78. The number of piperidine rings is 1. The maximum absolute atomic E-state index is 12.7. The molecule has 2 saturated heterocycles. The van der Waals surface area contributed by atoms with Crippen LogP contribution in [0.25, 0.3) is 0 Å². The smallest absolute Gasteiger partial charge is 0.317 e. The minimum Gasteiger partial charge on any atom is -0.338 e. The van der Waals surface area contributed by atoms with Crippen molar-refractivity contribution in [3.8, 4) is 0 Å². The molecule has 1 aromatic rings. The largest absolute Gasteiger partial charge is 0.338 e. The van der Waals surface area contributed by atoms with Gasteiger partial charge in [0.05, 0.1) is 0 Å². The molecule has 138 valence electrons. The number of carbonyl (C=O) groups is 1. The minimum absolute atomic E-state index is 0.0152. The first-order chi connectivity index (χ1) is 12.1. The van der Waals surface area contributed by atoms with Gasteiger partial charge in [-0.05, 0) is 64.9 Å². The van der Waals surface area contributed by atoms with Gasteiger partial charge in [0.2, 0.25) is 0 Å². The summed E-state index contributed by atoms with van der Waals surface area (Å²) in [5.74, 6) is 0. The van der Waals surface area contributed by atoms with Crippen LogP contribution in [0.4, 0.5) is 4.79 Å². The number of benzene rings is 1. The highest BCUT2D eigenvalue weighted by atomic mass is 16.2. The quantitative estimate of drug-likeness (QED) is 0.885. The van der Waals surface area contributed by atoms with Gasteiger partial charge >= 0.3 is 6.03 Å². The van der Waals surface area contributed by atoms with Gasteiger partial charge in [0.15, 0.2) is 0 Å². The van der Waals surface area contributed by atoms with E-state index in [1.165, 1.54) is 5.56 Å². The standard InChI is InChI=1S/C20H32N4O/c1-23(2)20(17-7-4-3-5-8-17)11-6-16-24(19(25)22-15-12-20)18-9-13-21-14-10-18/h3-5,7-8,18,21H,6,9-16H2,1-2H3,(H,22,25)/t20-/m0/s1. The van der Waals surface area contributed by atoms with Crippen LogP contribution in [0.2, 0.25) is 0 Å². The number of urea groups is 1. The number of nitrogens with one attached hydrogen (secondary N) is 2. The highest BCUT2D eigenvalue weighted by Crippen LogP contribution is 2.35. The second kappa shape index (κ2) is 8.19.